The summed E-state index contributed by atoms with van der Waals surface area (Å²) in [7, 11) is 0. The first-order chi connectivity index (χ1) is 9.25. The van der Waals surface area contributed by atoms with Crippen LogP contribution in [0.4, 0.5) is 0 Å². The van der Waals surface area contributed by atoms with Crippen LogP contribution in [0.2, 0.25) is 0 Å². The fourth-order valence-electron chi connectivity index (χ4n) is 1.84. The standard InChI is InChI=1S/C13H9NO4S/c15-12(16)11-8-3-1-2-4-9(8)18-10(11)7-19-13-14-5-6-17-13/h1-6H,7H2,(H,15,16). The highest BCUT2D eigenvalue weighted by molar-refractivity contribution is 7.98. The molecule has 0 bridgehead atoms. The zero-order valence-electron chi connectivity index (χ0n) is 9.70. The highest BCUT2D eigenvalue weighted by Crippen LogP contribution is 2.30. The van der Waals surface area contributed by atoms with E-state index in [0.29, 0.717) is 27.7 Å². The summed E-state index contributed by atoms with van der Waals surface area (Å²) >= 11 is 1.29. The summed E-state index contributed by atoms with van der Waals surface area (Å²) in [6.07, 6.45) is 3.01. The minimum absolute atomic E-state index is 0.203. The number of nitrogens with zero attached hydrogens (tertiary/aromatic N) is 1. The van der Waals surface area contributed by atoms with Gasteiger partial charge in [-0.15, -0.1) is 0 Å². The number of hydrogen-bond donors (Lipinski definition) is 1. The van der Waals surface area contributed by atoms with E-state index >= 15 is 0 Å². The first-order valence-corrected chi connectivity index (χ1v) is 6.50. The summed E-state index contributed by atoms with van der Waals surface area (Å²) in [5, 5.41) is 10.4. The molecule has 1 N–H and O–H groups in total. The average Bonchev–Trinajstić information content (AvgIpc) is 3.03. The number of hydrogen-bond acceptors (Lipinski definition) is 5. The van der Waals surface area contributed by atoms with Gasteiger partial charge in [0.05, 0.1) is 11.9 Å². The number of carbonyl (C=O) groups is 1. The van der Waals surface area contributed by atoms with Gasteiger partial charge >= 0.3 is 5.97 Å². The molecule has 0 fully saturated rings. The quantitative estimate of drug-likeness (QED) is 0.735. The van der Waals surface area contributed by atoms with Crippen molar-refractivity contribution in [1.82, 2.24) is 4.98 Å². The Hall–Kier alpha value is -2.21. The highest BCUT2D eigenvalue weighted by Gasteiger charge is 2.20. The van der Waals surface area contributed by atoms with Crippen LogP contribution in [0.1, 0.15) is 16.1 Å². The molecule has 0 aliphatic rings. The van der Waals surface area contributed by atoms with Crippen LogP contribution in [0, 0.1) is 0 Å². The molecule has 0 atom stereocenters. The number of carboxylic acids is 1. The third kappa shape index (κ3) is 2.22. The maximum absolute atomic E-state index is 11.3. The van der Waals surface area contributed by atoms with Crippen LogP contribution >= 0.6 is 11.8 Å². The Balaban J connectivity index is 1.98. The molecule has 0 aliphatic carbocycles. The van der Waals surface area contributed by atoms with Crippen molar-refractivity contribution in [3.63, 3.8) is 0 Å². The molecule has 0 amide bonds. The van der Waals surface area contributed by atoms with E-state index in [9.17, 15) is 9.90 Å². The number of aromatic carboxylic acids is 1. The first kappa shape index (κ1) is 11.9. The van der Waals surface area contributed by atoms with Crippen molar-refractivity contribution in [2.75, 3.05) is 0 Å². The lowest BCUT2D eigenvalue weighted by atomic mass is 10.1. The smallest absolute Gasteiger partial charge is 0.339 e. The zero-order valence-corrected chi connectivity index (χ0v) is 10.5. The molecule has 0 aliphatic heterocycles. The van der Waals surface area contributed by atoms with Gasteiger partial charge in [-0.05, 0) is 6.07 Å². The Labute approximate surface area is 112 Å². The molecule has 0 unspecified atom stereocenters. The molecule has 6 heteroatoms. The monoisotopic (exact) mass is 275 g/mol. The van der Waals surface area contributed by atoms with Crippen LogP contribution in [-0.2, 0) is 5.75 Å². The van der Waals surface area contributed by atoms with Crippen LogP contribution in [-0.4, -0.2) is 16.1 Å². The number of aromatic nitrogens is 1. The van der Waals surface area contributed by atoms with E-state index in [0.717, 1.165) is 0 Å². The normalized spacial score (nSPS) is 10.9. The molecule has 1 aromatic carbocycles. The number of fused-ring (bicyclic) bond motifs is 1. The van der Waals surface area contributed by atoms with Crippen molar-refractivity contribution in [2.45, 2.75) is 11.0 Å². The third-order valence-electron chi connectivity index (χ3n) is 2.62. The second kappa shape index (κ2) is 4.81. The highest BCUT2D eigenvalue weighted by atomic mass is 32.2. The van der Waals surface area contributed by atoms with Crippen molar-refractivity contribution < 1.29 is 18.7 Å². The lowest BCUT2D eigenvalue weighted by Gasteiger charge is -1.96. The Morgan fingerprint density at radius 3 is 2.95 bits per heavy atom. The van der Waals surface area contributed by atoms with Gasteiger partial charge in [0.2, 0.25) is 0 Å². The molecule has 5 nitrogen and oxygen atoms in total. The third-order valence-corrected chi connectivity index (χ3v) is 3.47. The average molecular weight is 275 g/mol. The second-order valence-corrected chi connectivity index (χ2v) is 4.71. The van der Waals surface area contributed by atoms with Gasteiger partial charge in [0.15, 0.2) is 0 Å². The molecule has 19 heavy (non-hydrogen) atoms. The number of benzene rings is 1. The predicted octanol–water partition coefficient (Wildman–Crippen LogP) is 3.41. The number of para-hydroxylation sites is 1. The Morgan fingerprint density at radius 2 is 2.21 bits per heavy atom. The number of oxazole rings is 1. The van der Waals surface area contributed by atoms with Gasteiger partial charge in [-0.25, -0.2) is 9.78 Å². The largest absolute Gasteiger partial charge is 0.478 e. The molecule has 0 spiro atoms. The number of thioether (sulfide) groups is 1. The Kier molecular flexibility index (Phi) is 3.00. The van der Waals surface area contributed by atoms with Crippen molar-refractivity contribution in [3.8, 4) is 0 Å². The van der Waals surface area contributed by atoms with Crippen molar-refractivity contribution >= 4 is 28.7 Å². The van der Waals surface area contributed by atoms with E-state index < -0.39 is 5.97 Å². The van der Waals surface area contributed by atoms with Crippen molar-refractivity contribution in [2.24, 2.45) is 0 Å². The number of carboxylic acid groups (broad SMARTS) is 1. The van der Waals surface area contributed by atoms with Gasteiger partial charge < -0.3 is 13.9 Å². The summed E-state index contributed by atoms with van der Waals surface area (Å²) in [6, 6.07) is 7.08. The van der Waals surface area contributed by atoms with E-state index in [1.165, 1.54) is 18.0 Å². The fraction of sp³-hybridized carbons (Fsp3) is 0.0769. The summed E-state index contributed by atoms with van der Waals surface area (Å²) in [5.41, 5.74) is 0.776. The predicted molar refractivity (Wildman–Crippen MR) is 69.2 cm³/mol. The molecule has 0 saturated heterocycles. The maximum Gasteiger partial charge on any atom is 0.339 e. The van der Waals surface area contributed by atoms with Gasteiger partial charge in [-0.3, -0.25) is 0 Å². The van der Waals surface area contributed by atoms with Crippen LogP contribution in [0.15, 0.2) is 50.8 Å². The second-order valence-electron chi connectivity index (χ2n) is 3.79. The minimum Gasteiger partial charge on any atom is -0.478 e. The summed E-state index contributed by atoms with van der Waals surface area (Å²) in [6.45, 7) is 0. The van der Waals surface area contributed by atoms with Gasteiger partial charge in [-0.2, -0.15) is 0 Å². The van der Waals surface area contributed by atoms with E-state index in [1.54, 1.807) is 24.4 Å². The van der Waals surface area contributed by atoms with E-state index in [1.807, 2.05) is 6.07 Å². The molecule has 3 aromatic rings. The Bertz CT molecular complexity index is 717. The van der Waals surface area contributed by atoms with Crippen LogP contribution in [0.5, 0.6) is 0 Å². The van der Waals surface area contributed by atoms with E-state index in [-0.39, 0.29) is 5.56 Å². The van der Waals surface area contributed by atoms with Crippen molar-refractivity contribution in [3.05, 3.63) is 48.0 Å². The summed E-state index contributed by atoms with van der Waals surface area (Å²) in [5.74, 6) is -0.221. The van der Waals surface area contributed by atoms with Gasteiger partial charge in [0.1, 0.15) is 23.2 Å². The van der Waals surface area contributed by atoms with E-state index in [2.05, 4.69) is 4.98 Å². The lowest BCUT2D eigenvalue weighted by molar-refractivity contribution is 0.0697. The molecule has 0 radical (unpaired) electrons. The molecule has 2 aromatic heterocycles. The van der Waals surface area contributed by atoms with Crippen LogP contribution < -0.4 is 0 Å². The lowest BCUT2D eigenvalue weighted by Crippen LogP contribution is -1.98. The fourth-order valence-corrected chi connectivity index (χ4v) is 2.56. The summed E-state index contributed by atoms with van der Waals surface area (Å²) < 4.78 is 10.7. The molecule has 0 saturated carbocycles. The topological polar surface area (TPSA) is 76.5 Å². The van der Waals surface area contributed by atoms with E-state index in [4.69, 9.17) is 8.83 Å². The molecular weight excluding hydrogens is 266 g/mol. The molecule has 2 heterocycles. The SMILES string of the molecule is O=C(O)c1c(CSc2ncco2)oc2ccccc12. The zero-order chi connectivity index (χ0) is 13.2. The van der Waals surface area contributed by atoms with Crippen molar-refractivity contribution in [1.29, 1.82) is 0 Å². The van der Waals surface area contributed by atoms with Crippen LogP contribution in [0.3, 0.4) is 0 Å². The maximum atomic E-state index is 11.3. The molecular formula is C13H9NO4S. The van der Waals surface area contributed by atoms with Gasteiger partial charge in [0.25, 0.3) is 5.22 Å². The number of furan rings is 1. The van der Waals surface area contributed by atoms with Crippen LogP contribution in [0.25, 0.3) is 11.0 Å². The summed E-state index contributed by atoms with van der Waals surface area (Å²) in [4.78, 5) is 15.3. The number of rotatable bonds is 4. The minimum atomic E-state index is -0.993. The van der Waals surface area contributed by atoms with Gasteiger partial charge in [-0.1, -0.05) is 30.0 Å². The Morgan fingerprint density at radius 1 is 1.37 bits per heavy atom. The van der Waals surface area contributed by atoms with Gasteiger partial charge in [0, 0.05) is 5.39 Å². The molecule has 96 valence electrons. The molecule has 3 rings (SSSR count). The first-order valence-electron chi connectivity index (χ1n) is 5.51.